The molecular formula is C27H31N7O4S2. The lowest BCUT2D eigenvalue weighted by Gasteiger charge is -2.27. The highest BCUT2D eigenvalue weighted by Crippen LogP contribution is 2.39. The largest absolute Gasteiger partial charge is 0.390 e. The monoisotopic (exact) mass is 581 g/mol. The Bertz CT molecular complexity index is 1640. The SMILES string of the molecule is Cc1nc(NC2CCC2)nc(N[C@@H]2C[C@H](CS(=O)(=O)c3ccncc3)[C@@H](O)[C@H]2O)c1-c1nc2c(C)nccc2s1. The third kappa shape index (κ3) is 5.14. The number of anilines is 2. The summed E-state index contributed by atoms with van der Waals surface area (Å²) in [5.41, 5.74) is 3.05. The van der Waals surface area contributed by atoms with Crippen LogP contribution in [0.2, 0.25) is 0 Å². The summed E-state index contributed by atoms with van der Waals surface area (Å²) >= 11 is 1.51. The van der Waals surface area contributed by atoms with Crippen LogP contribution >= 0.6 is 11.3 Å². The molecule has 210 valence electrons. The van der Waals surface area contributed by atoms with E-state index in [1.807, 2.05) is 19.9 Å². The van der Waals surface area contributed by atoms with Crippen LogP contribution in [0.15, 0.2) is 41.7 Å². The molecule has 4 aromatic heterocycles. The number of aromatic nitrogens is 5. The Morgan fingerprint density at radius 1 is 0.975 bits per heavy atom. The van der Waals surface area contributed by atoms with Crippen molar-refractivity contribution < 1.29 is 18.6 Å². The molecule has 40 heavy (non-hydrogen) atoms. The van der Waals surface area contributed by atoms with Gasteiger partial charge in [0.05, 0.1) is 44.4 Å². The first-order valence-corrected chi connectivity index (χ1v) is 15.8. The predicted octanol–water partition coefficient (Wildman–Crippen LogP) is 3.12. The molecular weight excluding hydrogens is 550 g/mol. The molecule has 0 radical (unpaired) electrons. The van der Waals surface area contributed by atoms with Crippen molar-refractivity contribution in [3.05, 3.63) is 48.2 Å². The number of fused-ring (bicyclic) bond motifs is 1. The average Bonchev–Trinajstić information content (AvgIpc) is 3.44. The van der Waals surface area contributed by atoms with Crippen molar-refractivity contribution in [2.45, 2.75) is 68.7 Å². The first kappa shape index (κ1) is 26.9. The number of sulfone groups is 1. The summed E-state index contributed by atoms with van der Waals surface area (Å²) in [4.78, 5) is 22.7. The topological polar surface area (TPSA) is 163 Å². The van der Waals surface area contributed by atoms with Crippen LogP contribution in [0.1, 0.15) is 37.1 Å². The van der Waals surface area contributed by atoms with Crippen molar-refractivity contribution in [3.8, 4) is 10.6 Å². The summed E-state index contributed by atoms with van der Waals surface area (Å²) < 4.78 is 27.0. The van der Waals surface area contributed by atoms with Crippen molar-refractivity contribution in [2.75, 3.05) is 16.4 Å². The molecule has 0 amide bonds. The Balaban J connectivity index is 1.32. The van der Waals surface area contributed by atoms with E-state index in [1.54, 1.807) is 6.20 Å². The Kier molecular flexibility index (Phi) is 7.15. The molecule has 2 saturated carbocycles. The van der Waals surface area contributed by atoms with Crippen LogP contribution in [0, 0.1) is 19.8 Å². The highest BCUT2D eigenvalue weighted by atomic mass is 32.2. The maximum Gasteiger partial charge on any atom is 0.225 e. The van der Waals surface area contributed by atoms with Gasteiger partial charge in [-0.2, -0.15) is 4.98 Å². The molecule has 0 spiro atoms. The highest BCUT2D eigenvalue weighted by molar-refractivity contribution is 7.91. The normalized spacial score (nSPS) is 23.3. The van der Waals surface area contributed by atoms with Gasteiger partial charge in [0.2, 0.25) is 5.95 Å². The van der Waals surface area contributed by atoms with Crippen LogP contribution in [0.3, 0.4) is 0 Å². The van der Waals surface area contributed by atoms with Crippen LogP contribution < -0.4 is 10.6 Å². The maximum absolute atomic E-state index is 13.0. The number of aliphatic hydroxyl groups is 2. The van der Waals surface area contributed by atoms with E-state index in [4.69, 9.17) is 15.0 Å². The van der Waals surface area contributed by atoms with Gasteiger partial charge in [0, 0.05) is 30.6 Å². The Morgan fingerprint density at radius 2 is 1.75 bits per heavy atom. The van der Waals surface area contributed by atoms with Crippen LogP contribution in [0.25, 0.3) is 20.8 Å². The lowest BCUT2D eigenvalue weighted by Crippen LogP contribution is -2.36. The fourth-order valence-electron chi connectivity index (χ4n) is 5.35. The minimum absolute atomic E-state index is 0.140. The van der Waals surface area contributed by atoms with Crippen molar-refractivity contribution in [2.24, 2.45) is 5.92 Å². The van der Waals surface area contributed by atoms with Crippen LogP contribution in [-0.2, 0) is 9.84 Å². The van der Waals surface area contributed by atoms with E-state index in [-0.39, 0.29) is 17.1 Å². The van der Waals surface area contributed by atoms with E-state index >= 15 is 0 Å². The van der Waals surface area contributed by atoms with Gasteiger partial charge in [-0.15, -0.1) is 11.3 Å². The van der Waals surface area contributed by atoms with Gasteiger partial charge in [0.1, 0.15) is 22.4 Å². The molecule has 4 aromatic rings. The quantitative estimate of drug-likeness (QED) is 0.242. The summed E-state index contributed by atoms with van der Waals surface area (Å²) in [6, 6.07) is 4.48. The molecule has 0 aliphatic heterocycles. The molecule has 0 bridgehead atoms. The molecule has 4 atom stereocenters. The van der Waals surface area contributed by atoms with E-state index in [0.717, 1.165) is 35.2 Å². The molecule has 2 aliphatic rings. The molecule has 13 heteroatoms. The Hall–Kier alpha value is -3.26. The zero-order valence-corrected chi connectivity index (χ0v) is 23.8. The van der Waals surface area contributed by atoms with Crippen LogP contribution in [-0.4, -0.2) is 73.6 Å². The number of nitrogens with one attached hydrogen (secondary N) is 2. The first-order chi connectivity index (χ1) is 19.2. The lowest BCUT2D eigenvalue weighted by molar-refractivity contribution is 0.0216. The van der Waals surface area contributed by atoms with Gasteiger partial charge in [0.15, 0.2) is 9.84 Å². The van der Waals surface area contributed by atoms with E-state index in [2.05, 4.69) is 20.6 Å². The fourth-order valence-corrected chi connectivity index (χ4v) is 8.09. The average molecular weight is 582 g/mol. The highest BCUT2D eigenvalue weighted by Gasteiger charge is 2.44. The van der Waals surface area contributed by atoms with Gasteiger partial charge in [-0.25, -0.2) is 18.4 Å². The minimum atomic E-state index is -3.68. The van der Waals surface area contributed by atoms with Crippen molar-refractivity contribution in [3.63, 3.8) is 0 Å². The summed E-state index contributed by atoms with van der Waals surface area (Å²) in [7, 11) is -3.68. The number of aryl methyl sites for hydroxylation is 2. The van der Waals surface area contributed by atoms with E-state index in [0.29, 0.717) is 34.1 Å². The smallest absolute Gasteiger partial charge is 0.225 e. The lowest BCUT2D eigenvalue weighted by atomic mass is 9.93. The number of hydrogen-bond donors (Lipinski definition) is 4. The third-order valence-corrected chi connectivity index (χ3v) is 10.7. The van der Waals surface area contributed by atoms with Gasteiger partial charge in [-0.3, -0.25) is 9.97 Å². The van der Waals surface area contributed by atoms with Gasteiger partial charge >= 0.3 is 0 Å². The predicted molar refractivity (Wildman–Crippen MR) is 153 cm³/mol. The van der Waals surface area contributed by atoms with Crippen molar-refractivity contribution in [1.82, 2.24) is 24.9 Å². The molecule has 4 N–H and O–H groups in total. The first-order valence-electron chi connectivity index (χ1n) is 13.3. The maximum atomic E-state index is 13.0. The van der Waals surface area contributed by atoms with Crippen LogP contribution in [0.5, 0.6) is 0 Å². The number of aliphatic hydroxyl groups excluding tert-OH is 2. The molecule has 0 aromatic carbocycles. The molecule has 2 fully saturated rings. The van der Waals surface area contributed by atoms with E-state index < -0.39 is 34.0 Å². The van der Waals surface area contributed by atoms with Crippen molar-refractivity contribution in [1.29, 1.82) is 0 Å². The summed E-state index contributed by atoms with van der Waals surface area (Å²) in [6.45, 7) is 3.81. The van der Waals surface area contributed by atoms with E-state index in [9.17, 15) is 18.6 Å². The zero-order valence-electron chi connectivity index (χ0n) is 22.1. The van der Waals surface area contributed by atoms with Gasteiger partial charge < -0.3 is 20.8 Å². The minimum Gasteiger partial charge on any atom is -0.390 e. The standard InChI is InChI=1S/C27H31N7O4S2/c1-14-21(26-33-22-15(2)29-11-8-20(22)39-26)25(34-27(30-14)31-17-4-3-5-17)32-19-12-16(23(35)24(19)36)13-40(37,38)18-6-9-28-10-7-18/h6-11,16-17,19,23-24,35-36H,3-5,12-13H2,1-2H3,(H2,30,31,32,34)/t16-,19-,23-,24+/m1/s1. The third-order valence-electron chi connectivity index (χ3n) is 7.80. The summed E-state index contributed by atoms with van der Waals surface area (Å²) in [5, 5.41) is 29.3. The van der Waals surface area contributed by atoms with E-state index in [1.165, 1.54) is 35.9 Å². The second kappa shape index (κ2) is 10.6. The number of pyridine rings is 2. The number of thiazole rings is 1. The number of hydrogen-bond acceptors (Lipinski definition) is 12. The van der Waals surface area contributed by atoms with Gasteiger partial charge in [-0.1, -0.05) is 0 Å². The zero-order chi connectivity index (χ0) is 28.0. The molecule has 0 unspecified atom stereocenters. The Labute approximate surface area is 236 Å². The van der Waals surface area contributed by atoms with Gasteiger partial charge in [0.25, 0.3) is 0 Å². The fraction of sp³-hybridized carbons (Fsp3) is 0.444. The van der Waals surface area contributed by atoms with Crippen molar-refractivity contribution >= 4 is 43.2 Å². The number of rotatable bonds is 8. The summed E-state index contributed by atoms with van der Waals surface area (Å²) in [6.07, 6.45) is 5.70. The summed E-state index contributed by atoms with van der Waals surface area (Å²) in [5.74, 6) is 0.00719. The number of nitrogens with zero attached hydrogens (tertiary/aromatic N) is 5. The Morgan fingerprint density at radius 3 is 2.45 bits per heavy atom. The van der Waals surface area contributed by atoms with Gasteiger partial charge in [-0.05, 0) is 57.7 Å². The van der Waals surface area contributed by atoms with Crippen LogP contribution in [0.4, 0.5) is 11.8 Å². The molecule has 4 heterocycles. The second-order valence-electron chi connectivity index (χ2n) is 10.6. The molecule has 2 aliphatic carbocycles. The molecule has 0 saturated heterocycles. The molecule has 11 nitrogen and oxygen atoms in total. The second-order valence-corrected chi connectivity index (χ2v) is 13.6. The molecule has 6 rings (SSSR count).